The Morgan fingerprint density at radius 1 is 1.15 bits per heavy atom. The third-order valence-corrected chi connectivity index (χ3v) is 5.99. The molecule has 1 saturated heterocycles. The van der Waals surface area contributed by atoms with Gasteiger partial charge in [0, 0.05) is 45.2 Å². The molecule has 0 aliphatic carbocycles. The van der Waals surface area contributed by atoms with Crippen LogP contribution in [0.5, 0.6) is 0 Å². The topological polar surface area (TPSA) is 109 Å². The van der Waals surface area contributed by atoms with Crippen LogP contribution in [0.15, 0.2) is 33.6 Å². The number of carbonyl (C=O) groups excluding carboxylic acids is 1. The molecule has 1 aromatic carbocycles. The van der Waals surface area contributed by atoms with Gasteiger partial charge in [-0.3, -0.25) is 4.79 Å². The van der Waals surface area contributed by atoms with Gasteiger partial charge < -0.3 is 14.6 Å². The molecule has 0 radical (unpaired) electrons. The summed E-state index contributed by atoms with van der Waals surface area (Å²) in [7, 11) is -3.59. The van der Waals surface area contributed by atoms with Crippen LogP contribution >= 0.6 is 0 Å². The van der Waals surface area contributed by atoms with Gasteiger partial charge >= 0.3 is 6.01 Å². The molecule has 1 aromatic heterocycles. The number of nitrogens with one attached hydrogen (secondary N) is 1. The molecule has 0 atom stereocenters. The fraction of sp³-hybridized carbons (Fsp3) is 0.438. The highest BCUT2D eigenvalue weighted by Gasteiger charge is 2.30. The zero-order chi connectivity index (χ0) is 18.7. The van der Waals surface area contributed by atoms with E-state index in [-0.39, 0.29) is 10.8 Å². The Labute approximate surface area is 152 Å². The van der Waals surface area contributed by atoms with Crippen molar-refractivity contribution in [2.75, 3.05) is 36.4 Å². The van der Waals surface area contributed by atoms with Crippen LogP contribution in [0.3, 0.4) is 0 Å². The number of anilines is 2. The molecule has 0 saturated carbocycles. The number of aromatic nitrogens is 2. The molecule has 26 heavy (non-hydrogen) atoms. The van der Waals surface area contributed by atoms with Gasteiger partial charge in [0.05, 0.1) is 4.90 Å². The first-order valence-electron chi connectivity index (χ1n) is 8.35. The van der Waals surface area contributed by atoms with E-state index in [2.05, 4.69) is 15.5 Å². The molecule has 2 heterocycles. The van der Waals surface area contributed by atoms with E-state index in [0.29, 0.717) is 50.2 Å². The van der Waals surface area contributed by atoms with Crippen molar-refractivity contribution in [2.24, 2.45) is 0 Å². The Kier molecular flexibility index (Phi) is 5.23. The van der Waals surface area contributed by atoms with E-state index in [1.807, 2.05) is 11.8 Å². The summed E-state index contributed by atoms with van der Waals surface area (Å²) >= 11 is 0. The number of piperazine rings is 1. The SMILES string of the molecule is CCc1nnc(N2CCN(S(=O)(=O)c3ccc(NC(C)=O)cc3)CC2)o1. The van der Waals surface area contributed by atoms with Crippen molar-refractivity contribution in [2.45, 2.75) is 25.2 Å². The molecule has 140 valence electrons. The Balaban J connectivity index is 1.66. The lowest BCUT2D eigenvalue weighted by molar-refractivity contribution is -0.114. The average molecular weight is 379 g/mol. The molecule has 1 aliphatic heterocycles. The Bertz CT molecular complexity index is 870. The lowest BCUT2D eigenvalue weighted by Crippen LogP contribution is -2.48. The molecule has 3 rings (SSSR count). The van der Waals surface area contributed by atoms with Crippen LogP contribution in [0, 0.1) is 0 Å². The second kappa shape index (κ2) is 7.42. The first-order chi connectivity index (χ1) is 12.4. The molecule has 1 fully saturated rings. The monoisotopic (exact) mass is 379 g/mol. The molecule has 0 spiro atoms. The predicted molar refractivity (Wildman–Crippen MR) is 95.4 cm³/mol. The second-order valence-corrected chi connectivity index (χ2v) is 7.87. The van der Waals surface area contributed by atoms with Gasteiger partial charge in [-0.25, -0.2) is 8.42 Å². The van der Waals surface area contributed by atoms with Gasteiger partial charge in [-0.1, -0.05) is 12.0 Å². The summed E-state index contributed by atoms with van der Waals surface area (Å²) in [6.45, 7) is 4.96. The summed E-state index contributed by atoms with van der Waals surface area (Å²) in [6.07, 6.45) is 0.663. The number of aryl methyl sites for hydroxylation is 1. The van der Waals surface area contributed by atoms with Crippen molar-refractivity contribution < 1.29 is 17.6 Å². The number of hydrogen-bond acceptors (Lipinski definition) is 7. The molecule has 10 heteroatoms. The van der Waals surface area contributed by atoms with Crippen LogP contribution in [0.1, 0.15) is 19.7 Å². The maximum absolute atomic E-state index is 12.8. The van der Waals surface area contributed by atoms with Gasteiger partial charge in [0.1, 0.15) is 0 Å². The first kappa shape index (κ1) is 18.3. The van der Waals surface area contributed by atoms with Crippen molar-refractivity contribution in [3.63, 3.8) is 0 Å². The molecular weight excluding hydrogens is 358 g/mol. The molecule has 1 N–H and O–H groups in total. The summed E-state index contributed by atoms with van der Waals surface area (Å²) in [5.41, 5.74) is 0.560. The minimum atomic E-state index is -3.59. The fourth-order valence-corrected chi connectivity index (χ4v) is 4.12. The highest BCUT2D eigenvalue weighted by atomic mass is 32.2. The van der Waals surface area contributed by atoms with E-state index in [0.717, 1.165) is 0 Å². The normalized spacial score (nSPS) is 15.8. The van der Waals surface area contributed by atoms with Crippen molar-refractivity contribution >= 4 is 27.6 Å². The number of amides is 1. The standard InChI is InChI=1S/C16H21N5O4S/c1-3-15-18-19-16(25-15)20-8-10-21(11-9-20)26(23,24)14-6-4-13(5-7-14)17-12(2)22/h4-7H,3,8-11H2,1-2H3,(H,17,22). The molecule has 1 amide bonds. The van der Waals surface area contributed by atoms with Crippen LogP contribution in [-0.2, 0) is 21.2 Å². The van der Waals surface area contributed by atoms with Crippen LogP contribution < -0.4 is 10.2 Å². The van der Waals surface area contributed by atoms with Gasteiger partial charge in [0.2, 0.25) is 21.8 Å². The summed E-state index contributed by atoms with van der Waals surface area (Å²) in [5, 5.41) is 10.5. The number of rotatable bonds is 5. The van der Waals surface area contributed by atoms with E-state index >= 15 is 0 Å². The largest absolute Gasteiger partial charge is 0.408 e. The smallest absolute Gasteiger partial charge is 0.318 e. The third kappa shape index (κ3) is 3.86. The lowest BCUT2D eigenvalue weighted by Gasteiger charge is -2.32. The third-order valence-electron chi connectivity index (χ3n) is 4.08. The van der Waals surface area contributed by atoms with Gasteiger partial charge in [0.15, 0.2) is 0 Å². The minimum Gasteiger partial charge on any atom is -0.408 e. The number of sulfonamides is 1. The van der Waals surface area contributed by atoms with Gasteiger partial charge in [-0.05, 0) is 24.3 Å². The first-order valence-corrected chi connectivity index (χ1v) is 9.79. The maximum Gasteiger partial charge on any atom is 0.318 e. The van der Waals surface area contributed by atoms with Gasteiger partial charge in [0.25, 0.3) is 0 Å². The Morgan fingerprint density at radius 3 is 2.35 bits per heavy atom. The van der Waals surface area contributed by atoms with Crippen molar-refractivity contribution in [1.29, 1.82) is 0 Å². The zero-order valence-corrected chi connectivity index (χ0v) is 15.5. The second-order valence-electron chi connectivity index (χ2n) is 5.93. The van der Waals surface area contributed by atoms with Gasteiger partial charge in [-0.2, -0.15) is 4.31 Å². The molecule has 0 unspecified atom stereocenters. The van der Waals surface area contributed by atoms with Crippen molar-refractivity contribution in [3.05, 3.63) is 30.2 Å². The van der Waals surface area contributed by atoms with E-state index in [9.17, 15) is 13.2 Å². The highest BCUT2D eigenvalue weighted by molar-refractivity contribution is 7.89. The number of nitrogens with zero attached hydrogens (tertiary/aromatic N) is 4. The summed E-state index contributed by atoms with van der Waals surface area (Å²) in [5.74, 6) is 0.360. The molecule has 1 aliphatic rings. The summed E-state index contributed by atoms with van der Waals surface area (Å²) in [4.78, 5) is 13.1. The van der Waals surface area contributed by atoms with Crippen LogP contribution in [0.2, 0.25) is 0 Å². The number of benzene rings is 1. The van der Waals surface area contributed by atoms with Crippen molar-refractivity contribution in [1.82, 2.24) is 14.5 Å². The van der Waals surface area contributed by atoms with E-state index < -0.39 is 10.0 Å². The van der Waals surface area contributed by atoms with Crippen LogP contribution in [0.25, 0.3) is 0 Å². The van der Waals surface area contributed by atoms with E-state index in [1.165, 1.54) is 23.4 Å². The average Bonchev–Trinajstić information content (AvgIpc) is 3.11. The Hall–Kier alpha value is -2.46. The fourth-order valence-electron chi connectivity index (χ4n) is 2.70. The molecule has 2 aromatic rings. The molecule has 9 nitrogen and oxygen atoms in total. The number of hydrogen-bond donors (Lipinski definition) is 1. The van der Waals surface area contributed by atoms with E-state index in [1.54, 1.807) is 12.1 Å². The molecule has 0 bridgehead atoms. The number of carbonyl (C=O) groups is 1. The van der Waals surface area contributed by atoms with Crippen molar-refractivity contribution in [3.8, 4) is 0 Å². The van der Waals surface area contributed by atoms with Crippen LogP contribution in [-0.4, -0.2) is 55.0 Å². The van der Waals surface area contributed by atoms with Crippen LogP contribution in [0.4, 0.5) is 11.7 Å². The predicted octanol–water partition coefficient (Wildman–Crippen LogP) is 1.10. The quantitative estimate of drug-likeness (QED) is 0.828. The molecular formula is C16H21N5O4S. The zero-order valence-electron chi connectivity index (χ0n) is 14.7. The van der Waals surface area contributed by atoms with Gasteiger partial charge in [-0.15, -0.1) is 5.10 Å². The van der Waals surface area contributed by atoms with E-state index in [4.69, 9.17) is 4.42 Å². The lowest BCUT2D eigenvalue weighted by atomic mass is 10.3. The Morgan fingerprint density at radius 2 is 1.81 bits per heavy atom. The maximum atomic E-state index is 12.8. The highest BCUT2D eigenvalue weighted by Crippen LogP contribution is 2.22. The minimum absolute atomic E-state index is 0.200. The summed E-state index contributed by atoms with van der Waals surface area (Å²) < 4.78 is 32.5. The summed E-state index contributed by atoms with van der Waals surface area (Å²) in [6, 6.07) is 6.58.